The molecular weight excluding hydrogens is 497 g/mol. The van der Waals surface area contributed by atoms with Crippen molar-refractivity contribution in [3.8, 4) is 22.4 Å². The molecule has 1 saturated heterocycles. The summed E-state index contributed by atoms with van der Waals surface area (Å²) < 4.78 is 29.8. The van der Waals surface area contributed by atoms with Crippen LogP contribution < -0.4 is 4.57 Å². The van der Waals surface area contributed by atoms with Crippen LogP contribution in [0.15, 0.2) is 77.3 Å². The number of halogens is 1. The molecule has 1 aliphatic heterocycles. The Labute approximate surface area is 235 Å². The van der Waals surface area contributed by atoms with Crippen LogP contribution in [0.25, 0.3) is 44.3 Å². The molecule has 0 spiro atoms. The van der Waals surface area contributed by atoms with E-state index < -0.39 is 0 Å². The molecule has 2 fully saturated rings. The molecule has 4 heteroatoms. The SMILES string of the molecule is Cc1ccc2c(oc3c(-c4ccc(C5CCC(C6CCOCC6)CC5)cc4)c(F)ccc32)c1-c1cccc[n+]1C. The van der Waals surface area contributed by atoms with E-state index in [2.05, 4.69) is 54.0 Å². The fourth-order valence-electron chi connectivity index (χ4n) is 7.38. The summed E-state index contributed by atoms with van der Waals surface area (Å²) in [6.07, 6.45) is 9.61. The predicted molar refractivity (Wildman–Crippen MR) is 159 cm³/mol. The van der Waals surface area contributed by atoms with Crippen LogP contribution in [0.2, 0.25) is 0 Å². The Balaban J connectivity index is 1.22. The normalized spacial score (nSPS) is 20.4. The topological polar surface area (TPSA) is 26.2 Å². The standard InChI is InChI=1S/C36H37FNO2/c1-23-6-15-29-30-16-17-31(37)34(36(30)40-35(29)33(23)32-5-3-4-20-38(32)2)28-13-11-25(12-14-28)24-7-9-26(10-8-24)27-18-21-39-22-19-27/h3-6,11-17,20,24,26-27H,7-10,18-19,21-22H2,1-2H3/q+1. The van der Waals surface area contributed by atoms with Crippen molar-refractivity contribution in [3.05, 3.63) is 89.9 Å². The number of rotatable bonds is 4. The third-order valence-corrected chi connectivity index (χ3v) is 9.65. The smallest absolute Gasteiger partial charge is 0.216 e. The van der Waals surface area contributed by atoms with Crippen LogP contribution in [-0.4, -0.2) is 13.2 Å². The minimum atomic E-state index is -0.250. The molecule has 1 aliphatic carbocycles. The van der Waals surface area contributed by atoms with E-state index in [4.69, 9.17) is 9.15 Å². The molecule has 7 rings (SSSR count). The first-order chi connectivity index (χ1) is 19.6. The second-order valence-electron chi connectivity index (χ2n) is 11.9. The molecule has 204 valence electrons. The van der Waals surface area contributed by atoms with E-state index in [1.54, 1.807) is 6.07 Å². The summed E-state index contributed by atoms with van der Waals surface area (Å²) in [5.74, 6) is 2.04. The monoisotopic (exact) mass is 534 g/mol. The van der Waals surface area contributed by atoms with Crippen molar-refractivity contribution >= 4 is 21.9 Å². The lowest BCUT2D eigenvalue weighted by Gasteiger charge is -2.36. The summed E-state index contributed by atoms with van der Waals surface area (Å²) >= 11 is 0. The maximum atomic E-state index is 15.5. The average molecular weight is 535 g/mol. The van der Waals surface area contributed by atoms with Gasteiger partial charge in [0, 0.05) is 36.1 Å². The summed E-state index contributed by atoms with van der Waals surface area (Å²) in [4.78, 5) is 0. The van der Waals surface area contributed by atoms with Crippen molar-refractivity contribution in [3.63, 3.8) is 0 Å². The number of nitrogens with zero attached hydrogens (tertiary/aromatic N) is 1. The van der Waals surface area contributed by atoms with Gasteiger partial charge in [-0.25, -0.2) is 8.96 Å². The highest BCUT2D eigenvalue weighted by Gasteiger charge is 2.29. The lowest BCUT2D eigenvalue weighted by atomic mass is 9.72. The van der Waals surface area contributed by atoms with E-state index >= 15 is 4.39 Å². The first-order valence-electron chi connectivity index (χ1n) is 14.9. The first kappa shape index (κ1) is 25.5. The van der Waals surface area contributed by atoms with Crippen LogP contribution in [0.3, 0.4) is 0 Å². The van der Waals surface area contributed by atoms with E-state index in [1.807, 2.05) is 31.4 Å². The highest BCUT2D eigenvalue weighted by Crippen LogP contribution is 2.44. The molecule has 2 aromatic heterocycles. The van der Waals surface area contributed by atoms with Crippen molar-refractivity contribution in [2.24, 2.45) is 18.9 Å². The zero-order chi connectivity index (χ0) is 27.2. The van der Waals surface area contributed by atoms with Crippen LogP contribution >= 0.6 is 0 Å². The van der Waals surface area contributed by atoms with Gasteiger partial charge in [-0.05, 0) is 98.1 Å². The molecule has 2 aliphatic rings. The van der Waals surface area contributed by atoms with Crippen LogP contribution in [0, 0.1) is 24.6 Å². The number of fused-ring (bicyclic) bond motifs is 3. The van der Waals surface area contributed by atoms with Gasteiger partial charge in [-0.3, -0.25) is 0 Å². The Morgan fingerprint density at radius 1 is 0.725 bits per heavy atom. The zero-order valence-corrected chi connectivity index (χ0v) is 23.5. The van der Waals surface area contributed by atoms with Gasteiger partial charge >= 0.3 is 0 Å². The maximum Gasteiger partial charge on any atom is 0.216 e. The van der Waals surface area contributed by atoms with Gasteiger partial charge < -0.3 is 9.15 Å². The van der Waals surface area contributed by atoms with Crippen LogP contribution in [0.1, 0.15) is 55.6 Å². The largest absolute Gasteiger partial charge is 0.454 e. The quantitative estimate of drug-likeness (QED) is 0.215. The molecule has 0 unspecified atom stereocenters. The highest BCUT2D eigenvalue weighted by atomic mass is 19.1. The second kappa shape index (κ2) is 10.5. The molecule has 0 amide bonds. The van der Waals surface area contributed by atoms with Gasteiger partial charge in [0.2, 0.25) is 5.69 Å². The fourth-order valence-corrected chi connectivity index (χ4v) is 7.38. The van der Waals surface area contributed by atoms with Gasteiger partial charge in [0.05, 0.1) is 11.1 Å². The number of hydrogen-bond acceptors (Lipinski definition) is 2. The van der Waals surface area contributed by atoms with Crippen molar-refractivity contribution < 1.29 is 18.1 Å². The van der Waals surface area contributed by atoms with Gasteiger partial charge in [0.1, 0.15) is 24.0 Å². The van der Waals surface area contributed by atoms with E-state index in [9.17, 15) is 0 Å². The molecule has 3 heterocycles. The van der Waals surface area contributed by atoms with Gasteiger partial charge in [-0.15, -0.1) is 0 Å². The van der Waals surface area contributed by atoms with Gasteiger partial charge in [0.15, 0.2) is 6.20 Å². The van der Waals surface area contributed by atoms with Crippen LogP contribution in [-0.2, 0) is 11.8 Å². The molecule has 3 nitrogen and oxygen atoms in total. The van der Waals surface area contributed by atoms with Crippen molar-refractivity contribution in [1.29, 1.82) is 0 Å². The summed E-state index contributed by atoms with van der Waals surface area (Å²) in [7, 11) is 2.04. The van der Waals surface area contributed by atoms with Gasteiger partial charge in [0.25, 0.3) is 0 Å². The molecule has 3 aromatic carbocycles. The Hall–Kier alpha value is -3.50. The van der Waals surface area contributed by atoms with Crippen molar-refractivity contribution in [2.45, 2.75) is 51.4 Å². The lowest BCUT2D eigenvalue weighted by molar-refractivity contribution is -0.660. The number of hydrogen-bond donors (Lipinski definition) is 0. The van der Waals surface area contributed by atoms with Crippen LogP contribution in [0.4, 0.5) is 4.39 Å². The summed E-state index contributed by atoms with van der Waals surface area (Å²) in [5, 5.41) is 1.96. The Bertz CT molecular complexity index is 1670. The third kappa shape index (κ3) is 4.43. The van der Waals surface area contributed by atoms with E-state index in [1.165, 1.54) is 44.1 Å². The number of benzene rings is 3. The molecule has 0 bridgehead atoms. The Morgan fingerprint density at radius 2 is 1.40 bits per heavy atom. The molecule has 0 atom stereocenters. The molecule has 1 saturated carbocycles. The van der Waals surface area contributed by atoms with E-state index in [-0.39, 0.29) is 5.82 Å². The number of aromatic nitrogens is 1. The minimum Gasteiger partial charge on any atom is -0.454 e. The average Bonchev–Trinajstić information content (AvgIpc) is 3.37. The Kier molecular flexibility index (Phi) is 6.67. The van der Waals surface area contributed by atoms with Gasteiger partial charge in [-0.1, -0.05) is 36.4 Å². The molecule has 5 aromatic rings. The third-order valence-electron chi connectivity index (χ3n) is 9.65. The minimum absolute atomic E-state index is 0.250. The highest BCUT2D eigenvalue weighted by molar-refractivity contribution is 6.13. The van der Waals surface area contributed by atoms with Crippen LogP contribution in [0.5, 0.6) is 0 Å². The van der Waals surface area contributed by atoms with E-state index in [0.717, 1.165) is 63.8 Å². The van der Waals surface area contributed by atoms with Gasteiger partial charge in [-0.2, -0.15) is 0 Å². The predicted octanol–water partition coefficient (Wildman–Crippen LogP) is 8.89. The number of furan rings is 1. The first-order valence-corrected chi connectivity index (χ1v) is 14.9. The molecular formula is C36H37FNO2+. The zero-order valence-electron chi connectivity index (χ0n) is 23.5. The fraction of sp³-hybridized carbons (Fsp3) is 0.361. The Morgan fingerprint density at radius 3 is 2.12 bits per heavy atom. The number of pyridine rings is 1. The van der Waals surface area contributed by atoms with Crippen molar-refractivity contribution in [1.82, 2.24) is 0 Å². The summed E-state index contributed by atoms with van der Waals surface area (Å²) in [6, 6.07) is 22.5. The van der Waals surface area contributed by atoms with Crippen molar-refractivity contribution in [2.75, 3.05) is 13.2 Å². The number of ether oxygens (including phenoxy) is 1. The summed E-state index contributed by atoms with van der Waals surface area (Å²) in [6.45, 7) is 3.98. The summed E-state index contributed by atoms with van der Waals surface area (Å²) in [5.41, 5.74) is 7.46. The molecule has 40 heavy (non-hydrogen) atoms. The number of aryl methyl sites for hydroxylation is 2. The maximum absolute atomic E-state index is 15.5. The molecule has 0 radical (unpaired) electrons. The van der Waals surface area contributed by atoms with E-state index in [0.29, 0.717) is 17.1 Å². The second-order valence-corrected chi connectivity index (χ2v) is 11.9. The molecule has 0 N–H and O–H groups in total. The lowest BCUT2D eigenvalue weighted by Crippen LogP contribution is -2.30.